The van der Waals surface area contributed by atoms with E-state index in [9.17, 15) is 5.26 Å². The van der Waals surface area contributed by atoms with Gasteiger partial charge in [-0.05, 0) is 29.8 Å². The van der Waals surface area contributed by atoms with Gasteiger partial charge in [0.1, 0.15) is 6.07 Å². The molecule has 0 bridgehead atoms. The fourth-order valence-electron chi connectivity index (χ4n) is 1.95. The van der Waals surface area contributed by atoms with Crippen molar-refractivity contribution >= 4 is 38.9 Å². The quantitative estimate of drug-likeness (QED) is 0.751. The molecule has 2 rings (SSSR count). The Morgan fingerprint density at radius 3 is 2.63 bits per heavy atom. The highest BCUT2D eigenvalue weighted by Gasteiger charge is 2.12. The van der Waals surface area contributed by atoms with E-state index >= 15 is 0 Å². The van der Waals surface area contributed by atoms with Gasteiger partial charge in [0, 0.05) is 23.1 Å². The molecule has 2 aromatic carbocycles. The Kier molecular flexibility index (Phi) is 4.47. The van der Waals surface area contributed by atoms with Crippen molar-refractivity contribution in [3.05, 3.63) is 58.1 Å². The molecule has 0 amide bonds. The lowest BCUT2D eigenvalue weighted by atomic mass is 10.1. The van der Waals surface area contributed by atoms with Crippen molar-refractivity contribution < 1.29 is 0 Å². The predicted octanol–water partition coefficient (Wildman–Crippen LogP) is 4.83. The van der Waals surface area contributed by atoms with Crippen LogP contribution >= 0.6 is 27.5 Å². The molecule has 0 aliphatic rings. The largest absolute Gasteiger partial charge is 0.343 e. The SMILES string of the molecule is CN(c1ccccc1C#N)c1cc(Br)ccc1CCl. The molecule has 0 saturated heterocycles. The number of hydrogen-bond donors (Lipinski definition) is 0. The lowest BCUT2D eigenvalue weighted by Crippen LogP contribution is -2.12. The number of para-hydroxylation sites is 1. The Hall–Kier alpha value is -1.50. The van der Waals surface area contributed by atoms with E-state index in [2.05, 4.69) is 22.0 Å². The van der Waals surface area contributed by atoms with Crippen LogP contribution in [0.15, 0.2) is 46.9 Å². The highest BCUT2D eigenvalue weighted by molar-refractivity contribution is 9.10. The number of rotatable bonds is 3. The van der Waals surface area contributed by atoms with Crippen LogP contribution in [0.5, 0.6) is 0 Å². The van der Waals surface area contributed by atoms with Gasteiger partial charge in [0.25, 0.3) is 0 Å². The van der Waals surface area contributed by atoms with Crippen LogP contribution in [0.3, 0.4) is 0 Å². The molecule has 2 nitrogen and oxygen atoms in total. The summed E-state index contributed by atoms with van der Waals surface area (Å²) in [6, 6.07) is 15.7. The fraction of sp³-hybridized carbons (Fsp3) is 0.133. The number of halogens is 2. The zero-order valence-corrected chi connectivity index (χ0v) is 12.7. The van der Waals surface area contributed by atoms with Crippen molar-refractivity contribution in [3.63, 3.8) is 0 Å². The minimum absolute atomic E-state index is 0.432. The van der Waals surface area contributed by atoms with E-state index in [1.165, 1.54) is 0 Å². The van der Waals surface area contributed by atoms with Gasteiger partial charge in [-0.2, -0.15) is 5.26 Å². The summed E-state index contributed by atoms with van der Waals surface area (Å²) in [6.45, 7) is 0. The standard InChI is InChI=1S/C15H12BrClN2/c1-19(14-5-3-2-4-12(14)10-18)15-8-13(16)7-6-11(15)9-17/h2-8H,9H2,1H3. The van der Waals surface area contributed by atoms with E-state index in [1.807, 2.05) is 54.4 Å². The average molecular weight is 336 g/mol. The molecule has 0 heterocycles. The Balaban J connectivity index is 2.53. The molecule has 0 atom stereocenters. The molecule has 0 aliphatic heterocycles. The van der Waals surface area contributed by atoms with Crippen molar-refractivity contribution in [2.45, 2.75) is 5.88 Å². The summed E-state index contributed by atoms with van der Waals surface area (Å²) in [7, 11) is 1.94. The summed E-state index contributed by atoms with van der Waals surface area (Å²) in [5, 5.41) is 9.18. The van der Waals surface area contributed by atoms with Crippen LogP contribution in [0.4, 0.5) is 11.4 Å². The van der Waals surface area contributed by atoms with E-state index in [4.69, 9.17) is 11.6 Å². The fourth-order valence-corrected chi connectivity index (χ4v) is 2.53. The van der Waals surface area contributed by atoms with Crippen molar-refractivity contribution in [1.29, 1.82) is 5.26 Å². The molecule has 2 aromatic rings. The number of nitriles is 1. The van der Waals surface area contributed by atoms with E-state index in [0.29, 0.717) is 11.4 Å². The molecule has 0 unspecified atom stereocenters. The maximum Gasteiger partial charge on any atom is 0.101 e. The number of nitrogens with zero attached hydrogens (tertiary/aromatic N) is 2. The van der Waals surface area contributed by atoms with Gasteiger partial charge in [-0.3, -0.25) is 0 Å². The first-order valence-corrected chi connectivity index (χ1v) is 7.07. The van der Waals surface area contributed by atoms with Crippen LogP contribution < -0.4 is 4.90 Å². The van der Waals surface area contributed by atoms with Gasteiger partial charge in [0.15, 0.2) is 0 Å². The zero-order valence-electron chi connectivity index (χ0n) is 10.4. The third kappa shape index (κ3) is 2.91. The average Bonchev–Trinajstić information content (AvgIpc) is 2.46. The van der Waals surface area contributed by atoms with E-state index in [1.54, 1.807) is 0 Å². The first-order chi connectivity index (χ1) is 9.17. The monoisotopic (exact) mass is 334 g/mol. The Morgan fingerprint density at radius 2 is 1.95 bits per heavy atom. The molecule has 0 spiro atoms. The van der Waals surface area contributed by atoms with Crippen molar-refractivity contribution in [2.75, 3.05) is 11.9 Å². The van der Waals surface area contributed by atoms with Gasteiger partial charge in [-0.25, -0.2) is 0 Å². The van der Waals surface area contributed by atoms with Gasteiger partial charge in [0.2, 0.25) is 0 Å². The highest BCUT2D eigenvalue weighted by Crippen LogP contribution is 2.32. The van der Waals surface area contributed by atoms with E-state index in [-0.39, 0.29) is 0 Å². The van der Waals surface area contributed by atoms with Crippen LogP contribution in [-0.4, -0.2) is 7.05 Å². The van der Waals surface area contributed by atoms with Crippen LogP contribution in [0, 0.1) is 11.3 Å². The van der Waals surface area contributed by atoms with Crippen LogP contribution in [0.25, 0.3) is 0 Å². The molecular weight excluding hydrogens is 324 g/mol. The summed E-state index contributed by atoms with van der Waals surface area (Å²) in [5.74, 6) is 0.432. The highest BCUT2D eigenvalue weighted by atomic mass is 79.9. The molecule has 0 fully saturated rings. The third-order valence-corrected chi connectivity index (χ3v) is 3.72. The van der Waals surface area contributed by atoms with Crippen molar-refractivity contribution in [2.24, 2.45) is 0 Å². The van der Waals surface area contributed by atoms with Gasteiger partial charge in [-0.15, -0.1) is 11.6 Å². The second-order valence-electron chi connectivity index (χ2n) is 4.09. The number of alkyl halides is 1. The minimum atomic E-state index is 0.432. The van der Waals surface area contributed by atoms with Crippen molar-refractivity contribution in [3.8, 4) is 6.07 Å². The normalized spacial score (nSPS) is 10.0. The van der Waals surface area contributed by atoms with Gasteiger partial charge >= 0.3 is 0 Å². The molecule has 0 N–H and O–H groups in total. The lowest BCUT2D eigenvalue weighted by molar-refractivity contribution is 1.17. The van der Waals surface area contributed by atoms with Gasteiger partial charge in [-0.1, -0.05) is 34.1 Å². The van der Waals surface area contributed by atoms with Crippen molar-refractivity contribution in [1.82, 2.24) is 0 Å². The molecule has 19 heavy (non-hydrogen) atoms. The number of hydrogen-bond acceptors (Lipinski definition) is 2. The molecule has 0 radical (unpaired) electrons. The summed E-state index contributed by atoms with van der Waals surface area (Å²) in [6.07, 6.45) is 0. The Labute approximate surface area is 126 Å². The van der Waals surface area contributed by atoms with Crippen LogP contribution in [0.2, 0.25) is 0 Å². The summed E-state index contributed by atoms with van der Waals surface area (Å²) < 4.78 is 0.984. The lowest BCUT2D eigenvalue weighted by Gasteiger charge is -2.23. The minimum Gasteiger partial charge on any atom is -0.343 e. The second-order valence-corrected chi connectivity index (χ2v) is 5.28. The van der Waals surface area contributed by atoms with Crippen LogP contribution in [0.1, 0.15) is 11.1 Å². The molecule has 4 heteroatoms. The maximum atomic E-state index is 9.18. The molecular formula is C15H12BrClN2. The zero-order chi connectivity index (χ0) is 13.8. The number of benzene rings is 2. The van der Waals surface area contributed by atoms with Gasteiger partial charge < -0.3 is 4.90 Å². The molecule has 0 aliphatic carbocycles. The first-order valence-electron chi connectivity index (χ1n) is 5.74. The summed E-state index contributed by atoms with van der Waals surface area (Å²) in [4.78, 5) is 1.99. The Morgan fingerprint density at radius 1 is 1.21 bits per heavy atom. The first kappa shape index (κ1) is 13.9. The molecule has 0 saturated carbocycles. The molecule has 0 aromatic heterocycles. The summed E-state index contributed by atoms with van der Waals surface area (Å²) >= 11 is 9.45. The smallest absolute Gasteiger partial charge is 0.101 e. The van der Waals surface area contributed by atoms with E-state index < -0.39 is 0 Å². The predicted molar refractivity (Wildman–Crippen MR) is 82.9 cm³/mol. The third-order valence-electron chi connectivity index (χ3n) is 2.94. The maximum absolute atomic E-state index is 9.18. The topological polar surface area (TPSA) is 27.0 Å². The summed E-state index contributed by atoms with van der Waals surface area (Å²) in [5.41, 5.74) is 3.53. The second kappa shape index (κ2) is 6.10. The van der Waals surface area contributed by atoms with E-state index in [0.717, 1.165) is 21.4 Å². The number of anilines is 2. The molecule has 96 valence electrons. The Bertz CT molecular complexity index is 634. The van der Waals surface area contributed by atoms with Gasteiger partial charge in [0.05, 0.1) is 11.3 Å². The van der Waals surface area contributed by atoms with Crippen LogP contribution in [-0.2, 0) is 5.88 Å².